The Morgan fingerprint density at radius 1 is 1.03 bits per heavy atom. The van der Waals surface area contributed by atoms with Crippen LogP contribution in [-0.2, 0) is 10.0 Å². The number of fused-ring (bicyclic) bond motifs is 1. The zero-order chi connectivity index (χ0) is 20.7. The molecule has 0 amide bonds. The molecule has 0 unspecified atom stereocenters. The predicted octanol–water partition coefficient (Wildman–Crippen LogP) is 4.85. The summed E-state index contributed by atoms with van der Waals surface area (Å²) in [5.41, 5.74) is 1.33. The third-order valence-corrected chi connectivity index (χ3v) is 6.72. The van der Waals surface area contributed by atoms with Crippen LogP contribution in [0.1, 0.15) is 5.69 Å². The number of aryl methyl sites for hydroxylation is 1. The smallest absolute Gasteiger partial charge is 0.263 e. The van der Waals surface area contributed by atoms with Crippen molar-refractivity contribution in [2.24, 2.45) is 0 Å². The molecule has 30 heavy (non-hydrogen) atoms. The van der Waals surface area contributed by atoms with E-state index in [0.29, 0.717) is 28.1 Å². The number of nitrogens with zero attached hydrogens (tertiary/aromatic N) is 3. The number of hydrogen-bond acceptors (Lipinski definition) is 6. The molecule has 150 valence electrons. The Morgan fingerprint density at radius 2 is 1.87 bits per heavy atom. The van der Waals surface area contributed by atoms with Gasteiger partial charge in [0.15, 0.2) is 5.76 Å². The van der Waals surface area contributed by atoms with Gasteiger partial charge < -0.3 is 4.42 Å². The predicted molar refractivity (Wildman–Crippen MR) is 116 cm³/mol. The Balaban J connectivity index is 1.50. The second kappa shape index (κ2) is 7.12. The van der Waals surface area contributed by atoms with Crippen LogP contribution >= 0.6 is 11.3 Å². The lowest BCUT2D eigenvalue weighted by atomic mass is 10.1. The highest BCUT2D eigenvalue weighted by molar-refractivity contribution is 7.92. The maximum absolute atomic E-state index is 13.0. The molecule has 0 saturated carbocycles. The fraction of sp³-hybridized carbons (Fsp3) is 0.0476. The van der Waals surface area contributed by atoms with Gasteiger partial charge >= 0.3 is 0 Å². The average Bonchev–Trinajstić information content (AvgIpc) is 3.48. The summed E-state index contributed by atoms with van der Waals surface area (Å²) in [5.74, 6) is 0.959. The number of sulfonamides is 1. The van der Waals surface area contributed by atoms with E-state index in [9.17, 15) is 8.42 Å². The van der Waals surface area contributed by atoms with Crippen LogP contribution in [0.4, 0.5) is 5.82 Å². The van der Waals surface area contributed by atoms with E-state index in [-0.39, 0.29) is 4.90 Å². The van der Waals surface area contributed by atoms with E-state index in [4.69, 9.17) is 4.42 Å². The lowest BCUT2D eigenvalue weighted by molar-refractivity contribution is 0.580. The normalized spacial score (nSPS) is 11.8. The van der Waals surface area contributed by atoms with E-state index < -0.39 is 10.0 Å². The van der Waals surface area contributed by atoms with Crippen LogP contribution in [0.3, 0.4) is 0 Å². The van der Waals surface area contributed by atoms with Crippen molar-refractivity contribution >= 4 is 38.0 Å². The van der Waals surface area contributed by atoms with Crippen LogP contribution < -0.4 is 4.72 Å². The molecule has 7 nitrogen and oxygen atoms in total. The van der Waals surface area contributed by atoms with Gasteiger partial charge in [0.2, 0.25) is 5.13 Å². The molecule has 3 aromatic heterocycles. The molecule has 0 fully saturated rings. The molecule has 0 aliphatic heterocycles. The van der Waals surface area contributed by atoms with Crippen molar-refractivity contribution in [3.8, 4) is 16.6 Å². The maximum atomic E-state index is 13.0. The summed E-state index contributed by atoms with van der Waals surface area (Å²) in [5, 5.41) is 8.62. The Bertz CT molecular complexity index is 1450. The first kappa shape index (κ1) is 18.6. The lowest BCUT2D eigenvalue weighted by Crippen LogP contribution is -2.15. The fourth-order valence-corrected chi connectivity index (χ4v) is 4.99. The molecule has 0 saturated heterocycles. The quantitative estimate of drug-likeness (QED) is 0.425. The molecule has 0 atom stereocenters. The summed E-state index contributed by atoms with van der Waals surface area (Å²) < 4.78 is 35.6. The molecular formula is C21H16N4O3S2. The first-order valence-corrected chi connectivity index (χ1v) is 11.4. The number of thiazole rings is 1. The molecule has 0 spiro atoms. The fourth-order valence-electron chi connectivity index (χ4n) is 3.15. The molecule has 0 bridgehead atoms. The van der Waals surface area contributed by atoms with Gasteiger partial charge in [0.25, 0.3) is 10.0 Å². The first-order valence-electron chi connectivity index (χ1n) is 9.08. The summed E-state index contributed by atoms with van der Waals surface area (Å²) in [6.45, 7) is 1.80. The van der Waals surface area contributed by atoms with Gasteiger partial charge in [-0.2, -0.15) is 9.78 Å². The molecule has 2 aromatic carbocycles. The monoisotopic (exact) mass is 436 g/mol. The van der Waals surface area contributed by atoms with Gasteiger partial charge in [0, 0.05) is 11.4 Å². The van der Waals surface area contributed by atoms with Gasteiger partial charge in [-0.1, -0.05) is 30.3 Å². The minimum absolute atomic E-state index is 0.182. The zero-order valence-electron chi connectivity index (χ0n) is 15.8. The van der Waals surface area contributed by atoms with E-state index in [1.165, 1.54) is 16.0 Å². The number of hydrogen-bond donors (Lipinski definition) is 1. The molecule has 5 aromatic rings. The second-order valence-electron chi connectivity index (χ2n) is 6.69. The first-order chi connectivity index (χ1) is 14.5. The molecule has 9 heteroatoms. The minimum Gasteiger partial charge on any atom is -0.463 e. The molecular weight excluding hydrogens is 420 g/mol. The zero-order valence-corrected chi connectivity index (χ0v) is 17.4. The summed E-state index contributed by atoms with van der Waals surface area (Å²) in [6.07, 6.45) is 1.58. The van der Waals surface area contributed by atoms with E-state index in [2.05, 4.69) is 14.8 Å². The summed E-state index contributed by atoms with van der Waals surface area (Å²) >= 11 is 1.35. The number of aromatic nitrogens is 3. The Kier molecular flexibility index (Phi) is 4.41. The van der Waals surface area contributed by atoms with E-state index in [0.717, 1.165) is 10.8 Å². The van der Waals surface area contributed by atoms with E-state index in [1.807, 2.05) is 35.7 Å². The topological polar surface area (TPSA) is 90.0 Å². The van der Waals surface area contributed by atoms with Crippen molar-refractivity contribution < 1.29 is 12.8 Å². The maximum Gasteiger partial charge on any atom is 0.263 e. The van der Waals surface area contributed by atoms with Crippen molar-refractivity contribution in [3.05, 3.63) is 78.0 Å². The Hall–Kier alpha value is -3.43. The van der Waals surface area contributed by atoms with Gasteiger partial charge in [-0.3, -0.25) is 4.72 Å². The standard InChI is InChI=1S/C21H16N4O3S2/c1-14-11-20(25(23-14)21-22-18(13-29-21)19-7-4-10-28-19)24-30(26,27)17-9-8-15-5-2-3-6-16(15)12-17/h2-13,24H,1H3. The van der Waals surface area contributed by atoms with Crippen molar-refractivity contribution in [1.29, 1.82) is 0 Å². The van der Waals surface area contributed by atoms with Gasteiger partial charge in [0.1, 0.15) is 11.5 Å². The SMILES string of the molecule is Cc1cc(NS(=O)(=O)c2ccc3ccccc3c2)n(-c2nc(-c3ccco3)cs2)n1. The summed E-state index contributed by atoms with van der Waals surface area (Å²) in [7, 11) is -3.81. The van der Waals surface area contributed by atoms with Gasteiger partial charge in [-0.05, 0) is 42.0 Å². The van der Waals surface area contributed by atoms with Crippen LogP contribution in [0.2, 0.25) is 0 Å². The Morgan fingerprint density at radius 3 is 2.67 bits per heavy atom. The van der Waals surface area contributed by atoms with Crippen molar-refractivity contribution in [1.82, 2.24) is 14.8 Å². The van der Waals surface area contributed by atoms with Crippen molar-refractivity contribution in [2.75, 3.05) is 4.72 Å². The van der Waals surface area contributed by atoms with Crippen molar-refractivity contribution in [3.63, 3.8) is 0 Å². The third-order valence-electron chi connectivity index (χ3n) is 4.55. The third kappa shape index (κ3) is 3.38. The van der Waals surface area contributed by atoms with Gasteiger partial charge in [-0.25, -0.2) is 13.4 Å². The van der Waals surface area contributed by atoms with Crippen LogP contribution in [0.15, 0.2) is 81.6 Å². The van der Waals surface area contributed by atoms with E-state index >= 15 is 0 Å². The minimum atomic E-state index is -3.81. The number of rotatable bonds is 5. The van der Waals surface area contributed by atoms with Crippen LogP contribution in [0.25, 0.3) is 27.4 Å². The number of benzene rings is 2. The lowest BCUT2D eigenvalue weighted by Gasteiger charge is -2.09. The second-order valence-corrected chi connectivity index (χ2v) is 9.21. The molecule has 0 radical (unpaired) electrons. The van der Waals surface area contributed by atoms with Crippen LogP contribution in [-0.4, -0.2) is 23.2 Å². The van der Waals surface area contributed by atoms with E-state index in [1.54, 1.807) is 43.5 Å². The molecule has 1 N–H and O–H groups in total. The largest absolute Gasteiger partial charge is 0.463 e. The summed E-state index contributed by atoms with van der Waals surface area (Å²) in [6, 6.07) is 17.9. The molecule has 0 aliphatic rings. The van der Waals surface area contributed by atoms with Crippen LogP contribution in [0, 0.1) is 6.92 Å². The van der Waals surface area contributed by atoms with Gasteiger partial charge in [-0.15, -0.1) is 11.3 Å². The molecule has 5 rings (SSSR count). The highest BCUT2D eigenvalue weighted by Crippen LogP contribution is 2.28. The average molecular weight is 437 g/mol. The number of nitrogens with one attached hydrogen (secondary N) is 1. The molecule has 0 aliphatic carbocycles. The molecule has 3 heterocycles. The summed E-state index contributed by atoms with van der Waals surface area (Å²) in [4.78, 5) is 4.71. The number of furan rings is 1. The van der Waals surface area contributed by atoms with Crippen LogP contribution in [0.5, 0.6) is 0 Å². The highest BCUT2D eigenvalue weighted by Gasteiger charge is 2.20. The highest BCUT2D eigenvalue weighted by atomic mass is 32.2. The van der Waals surface area contributed by atoms with Gasteiger partial charge in [0.05, 0.1) is 16.9 Å². The number of anilines is 1. The Labute approximate surface area is 176 Å². The van der Waals surface area contributed by atoms with Crippen molar-refractivity contribution in [2.45, 2.75) is 11.8 Å².